The second-order valence-electron chi connectivity index (χ2n) is 2.23. The van der Waals surface area contributed by atoms with Crippen LogP contribution in [0.25, 0.3) is 10.9 Å². The van der Waals surface area contributed by atoms with E-state index in [1.807, 2.05) is 0 Å². The standard InChI is InChI=1S/C9H6N2O2/c1-10-8(9(12)13)6-7-2-4-11-5-3-7/h2-6H,(H,12,13)/b8-6-. The molecule has 1 N–H and O–H groups in total. The second-order valence-corrected chi connectivity index (χ2v) is 2.23. The largest absolute Gasteiger partial charge is 0.486 e. The lowest BCUT2D eigenvalue weighted by Gasteiger charge is -1.91. The van der Waals surface area contributed by atoms with Gasteiger partial charge in [-0.3, -0.25) is 9.78 Å². The minimum absolute atomic E-state index is 0.300. The average molecular weight is 174 g/mol. The van der Waals surface area contributed by atoms with E-state index in [0.29, 0.717) is 5.56 Å². The predicted octanol–water partition coefficient (Wildman–Crippen LogP) is 1.43. The van der Waals surface area contributed by atoms with E-state index in [4.69, 9.17) is 11.7 Å². The van der Waals surface area contributed by atoms with Gasteiger partial charge in [-0.15, -0.1) is 0 Å². The smallest absolute Gasteiger partial charge is 0.333 e. The fraction of sp³-hybridized carbons (Fsp3) is 0. The van der Waals surface area contributed by atoms with Crippen LogP contribution in [-0.4, -0.2) is 16.1 Å². The molecule has 0 aliphatic rings. The molecular weight excluding hydrogens is 168 g/mol. The summed E-state index contributed by atoms with van der Waals surface area (Å²) in [6, 6.07) is 3.27. The molecule has 0 unspecified atom stereocenters. The van der Waals surface area contributed by atoms with E-state index >= 15 is 0 Å². The summed E-state index contributed by atoms with van der Waals surface area (Å²) >= 11 is 0. The molecule has 1 heterocycles. The molecule has 0 amide bonds. The van der Waals surface area contributed by atoms with Crippen molar-refractivity contribution in [3.05, 3.63) is 47.2 Å². The van der Waals surface area contributed by atoms with Gasteiger partial charge in [-0.05, 0) is 23.8 Å². The van der Waals surface area contributed by atoms with Crippen molar-refractivity contribution in [1.29, 1.82) is 0 Å². The minimum Gasteiger partial charge on any atom is -0.486 e. The van der Waals surface area contributed by atoms with E-state index < -0.39 is 5.97 Å². The van der Waals surface area contributed by atoms with Crippen LogP contribution in [0.4, 0.5) is 0 Å². The van der Waals surface area contributed by atoms with Crippen molar-refractivity contribution in [3.63, 3.8) is 0 Å². The van der Waals surface area contributed by atoms with Gasteiger partial charge in [-0.2, -0.15) is 0 Å². The number of carboxylic acids is 1. The lowest BCUT2D eigenvalue weighted by molar-refractivity contribution is -0.132. The maximum Gasteiger partial charge on any atom is 0.333 e. The number of nitrogens with zero attached hydrogens (tertiary/aromatic N) is 2. The molecule has 0 bridgehead atoms. The third-order valence-electron chi connectivity index (χ3n) is 1.35. The molecule has 0 aromatic carbocycles. The Balaban J connectivity index is 3.01. The highest BCUT2D eigenvalue weighted by atomic mass is 16.4. The van der Waals surface area contributed by atoms with Crippen LogP contribution in [0.3, 0.4) is 0 Å². The van der Waals surface area contributed by atoms with Crippen molar-refractivity contribution >= 4 is 12.0 Å². The Labute approximate surface area is 75.0 Å². The van der Waals surface area contributed by atoms with Gasteiger partial charge in [0.05, 0.1) is 6.57 Å². The summed E-state index contributed by atoms with van der Waals surface area (Å²) in [4.78, 5) is 17.1. The molecular formula is C9H6N2O2. The molecule has 0 fully saturated rings. The summed E-state index contributed by atoms with van der Waals surface area (Å²) in [5.74, 6) is -1.22. The second kappa shape index (κ2) is 4.02. The molecule has 0 atom stereocenters. The number of aromatic nitrogens is 1. The molecule has 1 aromatic rings. The molecule has 1 aromatic heterocycles. The van der Waals surface area contributed by atoms with Gasteiger partial charge in [-0.1, -0.05) is 0 Å². The van der Waals surface area contributed by atoms with Gasteiger partial charge in [0.25, 0.3) is 5.70 Å². The van der Waals surface area contributed by atoms with E-state index in [1.54, 1.807) is 12.1 Å². The molecule has 0 aliphatic carbocycles. The van der Waals surface area contributed by atoms with Crippen LogP contribution in [0.15, 0.2) is 30.2 Å². The summed E-state index contributed by atoms with van der Waals surface area (Å²) in [5, 5.41) is 8.54. The first-order valence-electron chi connectivity index (χ1n) is 3.46. The topological polar surface area (TPSA) is 54.5 Å². The fourth-order valence-electron chi connectivity index (χ4n) is 0.759. The Hall–Kier alpha value is -2.15. The minimum atomic E-state index is -1.22. The van der Waals surface area contributed by atoms with Crippen LogP contribution in [0.1, 0.15) is 5.56 Å². The molecule has 0 saturated heterocycles. The first-order valence-corrected chi connectivity index (χ1v) is 3.46. The normalized spacial score (nSPS) is 10.5. The van der Waals surface area contributed by atoms with Crippen LogP contribution in [0.5, 0.6) is 0 Å². The van der Waals surface area contributed by atoms with Gasteiger partial charge < -0.3 is 5.11 Å². The maximum atomic E-state index is 10.4. The first-order chi connectivity index (χ1) is 6.24. The van der Waals surface area contributed by atoms with E-state index in [0.717, 1.165) is 0 Å². The highest BCUT2D eigenvalue weighted by molar-refractivity contribution is 5.94. The zero-order valence-electron chi connectivity index (χ0n) is 6.64. The third kappa shape index (κ3) is 2.42. The van der Waals surface area contributed by atoms with Gasteiger partial charge >= 0.3 is 5.97 Å². The van der Waals surface area contributed by atoms with Gasteiger partial charge in [0.2, 0.25) is 0 Å². The van der Waals surface area contributed by atoms with Gasteiger partial charge in [-0.25, -0.2) is 4.85 Å². The molecule has 0 spiro atoms. The number of pyridine rings is 1. The van der Waals surface area contributed by atoms with E-state index in [1.165, 1.54) is 18.5 Å². The van der Waals surface area contributed by atoms with E-state index in [9.17, 15) is 4.79 Å². The zero-order valence-corrected chi connectivity index (χ0v) is 6.64. The molecule has 64 valence electrons. The molecule has 4 nitrogen and oxygen atoms in total. The Morgan fingerprint density at radius 1 is 1.54 bits per heavy atom. The highest BCUT2D eigenvalue weighted by Crippen LogP contribution is 2.06. The van der Waals surface area contributed by atoms with Crippen molar-refractivity contribution in [3.8, 4) is 0 Å². The Bertz CT molecular complexity index is 376. The summed E-state index contributed by atoms with van der Waals surface area (Å²) in [6.07, 6.45) is 4.38. The monoisotopic (exact) mass is 174 g/mol. The number of aliphatic carboxylic acids is 1. The molecule has 0 aliphatic heterocycles. The van der Waals surface area contributed by atoms with Gasteiger partial charge in [0.1, 0.15) is 0 Å². The maximum absolute atomic E-state index is 10.4. The Morgan fingerprint density at radius 2 is 2.15 bits per heavy atom. The highest BCUT2D eigenvalue weighted by Gasteiger charge is 2.05. The SMILES string of the molecule is [C-]#[N+]/C(=C\c1ccncc1)C(=O)O. The third-order valence-corrected chi connectivity index (χ3v) is 1.35. The van der Waals surface area contributed by atoms with Crippen LogP contribution < -0.4 is 0 Å². The fourth-order valence-corrected chi connectivity index (χ4v) is 0.759. The van der Waals surface area contributed by atoms with Crippen molar-refractivity contribution in [2.24, 2.45) is 0 Å². The summed E-state index contributed by atoms with van der Waals surface area (Å²) < 4.78 is 0. The lowest BCUT2D eigenvalue weighted by Crippen LogP contribution is -1.95. The van der Waals surface area contributed by atoms with Gasteiger partial charge in [0.15, 0.2) is 0 Å². The number of rotatable bonds is 2. The van der Waals surface area contributed by atoms with Crippen LogP contribution in [-0.2, 0) is 4.79 Å². The molecule has 4 heteroatoms. The molecule has 1 rings (SSSR count). The Morgan fingerprint density at radius 3 is 2.62 bits per heavy atom. The first kappa shape index (κ1) is 8.94. The summed E-state index contributed by atoms with van der Waals surface area (Å²) in [7, 11) is 0. The van der Waals surface area contributed by atoms with Crippen LogP contribution >= 0.6 is 0 Å². The molecule has 0 radical (unpaired) electrons. The number of carboxylic acid groups (broad SMARTS) is 1. The number of hydrogen-bond acceptors (Lipinski definition) is 2. The van der Waals surface area contributed by atoms with E-state index in [2.05, 4.69) is 9.83 Å². The quantitative estimate of drug-likeness (QED) is 0.545. The summed E-state index contributed by atoms with van der Waals surface area (Å²) in [6.45, 7) is 6.60. The number of hydrogen-bond donors (Lipinski definition) is 1. The van der Waals surface area contributed by atoms with Crippen molar-refractivity contribution < 1.29 is 9.90 Å². The Kier molecular flexibility index (Phi) is 2.77. The molecule has 0 saturated carbocycles. The van der Waals surface area contributed by atoms with Crippen molar-refractivity contribution in [1.82, 2.24) is 4.98 Å². The zero-order chi connectivity index (χ0) is 9.68. The average Bonchev–Trinajstić information content (AvgIpc) is 2.15. The summed E-state index contributed by atoms with van der Waals surface area (Å²) in [5.41, 5.74) is 0.356. The van der Waals surface area contributed by atoms with Crippen molar-refractivity contribution in [2.75, 3.05) is 0 Å². The van der Waals surface area contributed by atoms with Crippen molar-refractivity contribution in [2.45, 2.75) is 0 Å². The number of carbonyl (C=O) groups is 1. The lowest BCUT2D eigenvalue weighted by atomic mass is 10.2. The van der Waals surface area contributed by atoms with E-state index in [-0.39, 0.29) is 5.70 Å². The van der Waals surface area contributed by atoms with Crippen LogP contribution in [0, 0.1) is 6.57 Å². The predicted molar refractivity (Wildman–Crippen MR) is 46.5 cm³/mol. The van der Waals surface area contributed by atoms with Crippen LogP contribution in [0.2, 0.25) is 0 Å². The molecule has 13 heavy (non-hydrogen) atoms. The van der Waals surface area contributed by atoms with Gasteiger partial charge in [0, 0.05) is 12.4 Å².